The largest absolute Gasteiger partial charge is 0.324 e. The standard InChI is InChI=1S/C20H23N5O3/c1-13(25-19(27)16-4-2-3-5-17(16)20(25)28)18(26)23-15-8-6-14(7-9-15)10-24-12-21-11-22-24/h6-9,11-13,16-17H,2-5,10H2,1H3,(H,23,26). The maximum atomic E-state index is 12.7. The lowest BCUT2D eigenvalue weighted by atomic mass is 9.81. The number of nitrogens with one attached hydrogen (secondary N) is 1. The molecule has 1 aromatic heterocycles. The van der Waals surface area contributed by atoms with Gasteiger partial charge in [0.25, 0.3) is 0 Å². The Kier molecular flexibility index (Phi) is 4.93. The summed E-state index contributed by atoms with van der Waals surface area (Å²) in [6.07, 6.45) is 6.54. The predicted octanol–water partition coefficient (Wildman–Crippen LogP) is 1.83. The van der Waals surface area contributed by atoms with Gasteiger partial charge in [0, 0.05) is 5.69 Å². The first kappa shape index (κ1) is 18.3. The fraction of sp³-hybridized carbons (Fsp3) is 0.450. The number of nitrogens with zero attached hydrogens (tertiary/aromatic N) is 4. The number of carbonyl (C=O) groups excluding carboxylic acids is 3. The lowest BCUT2D eigenvalue weighted by molar-refractivity contribution is -0.146. The molecule has 28 heavy (non-hydrogen) atoms. The summed E-state index contributed by atoms with van der Waals surface area (Å²) in [5.41, 5.74) is 1.64. The van der Waals surface area contributed by atoms with Gasteiger partial charge in [0.2, 0.25) is 17.7 Å². The molecule has 146 valence electrons. The maximum Gasteiger partial charge on any atom is 0.247 e. The second kappa shape index (κ2) is 7.53. The van der Waals surface area contributed by atoms with Gasteiger partial charge in [-0.2, -0.15) is 5.10 Å². The lowest BCUT2D eigenvalue weighted by Crippen LogP contribution is -2.46. The summed E-state index contributed by atoms with van der Waals surface area (Å²) in [6.45, 7) is 2.20. The van der Waals surface area contributed by atoms with Gasteiger partial charge in [-0.15, -0.1) is 0 Å². The number of benzene rings is 1. The molecule has 2 fully saturated rings. The zero-order valence-corrected chi connectivity index (χ0v) is 15.7. The normalized spacial score (nSPS) is 22.8. The van der Waals surface area contributed by atoms with Gasteiger partial charge in [-0.1, -0.05) is 25.0 Å². The summed E-state index contributed by atoms with van der Waals surface area (Å²) < 4.78 is 1.71. The number of hydrogen-bond acceptors (Lipinski definition) is 5. The number of fused-ring (bicyclic) bond motifs is 1. The van der Waals surface area contributed by atoms with Crippen molar-refractivity contribution < 1.29 is 14.4 Å². The van der Waals surface area contributed by atoms with Crippen molar-refractivity contribution in [3.63, 3.8) is 0 Å². The Bertz CT molecular complexity index is 854. The second-order valence-electron chi connectivity index (χ2n) is 7.50. The molecule has 4 rings (SSSR count). The molecule has 1 aliphatic heterocycles. The zero-order chi connectivity index (χ0) is 19.7. The third-order valence-electron chi connectivity index (χ3n) is 5.67. The zero-order valence-electron chi connectivity index (χ0n) is 15.7. The number of rotatable bonds is 5. The van der Waals surface area contributed by atoms with Gasteiger partial charge in [-0.25, -0.2) is 9.67 Å². The number of amides is 3. The first-order valence-electron chi connectivity index (χ1n) is 9.63. The lowest BCUT2D eigenvalue weighted by Gasteiger charge is -2.22. The molecule has 0 bridgehead atoms. The molecule has 8 nitrogen and oxygen atoms in total. The van der Waals surface area contributed by atoms with Gasteiger partial charge in [-0.05, 0) is 37.5 Å². The molecule has 2 aromatic rings. The molecule has 1 saturated heterocycles. The molecule has 0 radical (unpaired) electrons. The van der Waals surface area contributed by atoms with Crippen LogP contribution in [-0.4, -0.2) is 43.4 Å². The minimum Gasteiger partial charge on any atom is -0.324 e. The van der Waals surface area contributed by atoms with Crippen LogP contribution in [0.4, 0.5) is 5.69 Å². The highest BCUT2D eigenvalue weighted by molar-refractivity contribution is 6.09. The molecule has 1 aromatic carbocycles. The number of aromatic nitrogens is 3. The van der Waals surface area contributed by atoms with E-state index >= 15 is 0 Å². The van der Waals surface area contributed by atoms with Crippen molar-refractivity contribution in [1.82, 2.24) is 19.7 Å². The van der Waals surface area contributed by atoms with Crippen molar-refractivity contribution >= 4 is 23.4 Å². The highest BCUT2D eigenvalue weighted by Gasteiger charge is 2.50. The highest BCUT2D eigenvalue weighted by Crippen LogP contribution is 2.38. The molecule has 3 amide bonds. The van der Waals surface area contributed by atoms with Crippen LogP contribution in [0.2, 0.25) is 0 Å². The van der Waals surface area contributed by atoms with Crippen molar-refractivity contribution in [3.05, 3.63) is 42.5 Å². The Morgan fingerprint density at radius 1 is 1.14 bits per heavy atom. The van der Waals surface area contributed by atoms with Gasteiger partial charge in [0.1, 0.15) is 18.7 Å². The van der Waals surface area contributed by atoms with E-state index in [1.54, 1.807) is 30.1 Å². The number of carbonyl (C=O) groups is 3. The average Bonchev–Trinajstić information content (AvgIpc) is 3.30. The Balaban J connectivity index is 1.40. The Hall–Kier alpha value is -3.03. The summed E-state index contributed by atoms with van der Waals surface area (Å²) >= 11 is 0. The van der Waals surface area contributed by atoms with Crippen LogP contribution >= 0.6 is 0 Å². The molecule has 2 aliphatic rings. The number of likely N-dealkylation sites (tertiary alicyclic amines) is 1. The quantitative estimate of drug-likeness (QED) is 0.797. The molecule has 8 heteroatoms. The topological polar surface area (TPSA) is 97.2 Å². The first-order valence-corrected chi connectivity index (χ1v) is 9.63. The van der Waals surface area contributed by atoms with Gasteiger partial charge in [-0.3, -0.25) is 19.3 Å². The highest BCUT2D eigenvalue weighted by atomic mass is 16.2. The van der Waals surface area contributed by atoms with Crippen LogP contribution in [-0.2, 0) is 20.9 Å². The van der Waals surface area contributed by atoms with Crippen LogP contribution in [0.5, 0.6) is 0 Å². The minimum absolute atomic E-state index is 0.194. The van der Waals surface area contributed by atoms with Crippen LogP contribution in [0.1, 0.15) is 38.2 Å². The van der Waals surface area contributed by atoms with E-state index in [4.69, 9.17) is 0 Å². The van der Waals surface area contributed by atoms with E-state index in [2.05, 4.69) is 15.4 Å². The fourth-order valence-electron chi connectivity index (χ4n) is 4.13. The molecule has 1 saturated carbocycles. The molecule has 0 spiro atoms. The van der Waals surface area contributed by atoms with Gasteiger partial charge in [0.05, 0.1) is 18.4 Å². The van der Waals surface area contributed by atoms with Crippen molar-refractivity contribution in [3.8, 4) is 0 Å². The molecule has 3 unspecified atom stereocenters. The fourth-order valence-corrected chi connectivity index (χ4v) is 4.13. The SMILES string of the molecule is CC(C(=O)Nc1ccc(Cn2cncn2)cc1)N1C(=O)C2CCCCC2C1=O. The van der Waals surface area contributed by atoms with E-state index in [9.17, 15) is 14.4 Å². The third-order valence-corrected chi connectivity index (χ3v) is 5.67. The van der Waals surface area contributed by atoms with E-state index in [0.717, 1.165) is 31.2 Å². The minimum atomic E-state index is -0.819. The van der Waals surface area contributed by atoms with Crippen LogP contribution in [0.15, 0.2) is 36.9 Å². The Labute approximate surface area is 162 Å². The Morgan fingerprint density at radius 2 is 1.79 bits per heavy atom. The number of anilines is 1. The summed E-state index contributed by atoms with van der Waals surface area (Å²) in [7, 11) is 0. The molecule has 3 atom stereocenters. The van der Waals surface area contributed by atoms with Crippen molar-refractivity contribution in [2.75, 3.05) is 5.32 Å². The van der Waals surface area contributed by atoms with Crippen molar-refractivity contribution in [2.45, 2.75) is 45.2 Å². The second-order valence-corrected chi connectivity index (χ2v) is 7.50. The van der Waals surface area contributed by atoms with Gasteiger partial charge < -0.3 is 5.32 Å². The summed E-state index contributed by atoms with van der Waals surface area (Å²) in [4.78, 5) is 43.1. The van der Waals surface area contributed by atoms with Gasteiger partial charge >= 0.3 is 0 Å². The molecule has 1 aliphatic carbocycles. The van der Waals surface area contributed by atoms with E-state index in [0.29, 0.717) is 12.2 Å². The molecular weight excluding hydrogens is 358 g/mol. The summed E-state index contributed by atoms with van der Waals surface area (Å²) in [6, 6.07) is 6.56. The Morgan fingerprint density at radius 3 is 2.36 bits per heavy atom. The van der Waals surface area contributed by atoms with Crippen LogP contribution in [0, 0.1) is 11.8 Å². The van der Waals surface area contributed by atoms with Crippen molar-refractivity contribution in [2.24, 2.45) is 11.8 Å². The molecular formula is C20H23N5O3. The summed E-state index contributed by atoms with van der Waals surface area (Å²) in [5, 5.41) is 6.87. The van der Waals surface area contributed by atoms with Gasteiger partial charge in [0.15, 0.2) is 0 Å². The number of imide groups is 1. The van der Waals surface area contributed by atoms with Crippen LogP contribution in [0.25, 0.3) is 0 Å². The van der Waals surface area contributed by atoms with Crippen LogP contribution < -0.4 is 5.32 Å². The van der Waals surface area contributed by atoms with Crippen molar-refractivity contribution in [1.29, 1.82) is 0 Å². The van der Waals surface area contributed by atoms with E-state index in [-0.39, 0.29) is 29.6 Å². The molecule has 1 N–H and O–H groups in total. The monoisotopic (exact) mass is 381 g/mol. The van der Waals surface area contributed by atoms with Crippen LogP contribution in [0.3, 0.4) is 0 Å². The smallest absolute Gasteiger partial charge is 0.247 e. The first-order chi connectivity index (χ1) is 13.5. The van der Waals surface area contributed by atoms with E-state index < -0.39 is 6.04 Å². The average molecular weight is 381 g/mol. The number of hydrogen-bond donors (Lipinski definition) is 1. The summed E-state index contributed by atoms with van der Waals surface area (Å²) in [5.74, 6) is -1.23. The molecule has 2 heterocycles. The third kappa shape index (κ3) is 3.42. The van der Waals surface area contributed by atoms with E-state index in [1.165, 1.54) is 11.2 Å². The maximum absolute atomic E-state index is 12.7. The van der Waals surface area contributed by atoms with E-state index in [1.807, 2.05) is 12.1 Å². The predicted molar refractivity (Wildman–Crippen MR) is 101 cm³/mol.